The number of anilines is 1. The Morgan fingerprint density at radius 2 is 1.93 bits per heavy atom. The molecule has 1 amide bonds. The van der Waals surface area contributed by atoms with E-state index in [-0.39, 0.29) is 5.91 Å². The van der Waals surface area contributed by atoms with Gasteiger partial charge in [0.2, 0.25) is 5.91 Å². The Labute approximate surface area is 173 Å². The first kappa shape index (κ1) is 22.6. The number of carbonyl (C=O) groups is 1. The molecule has 0 fully saturated rings. The van der Waals surface area contributed by atoms with E-state index in [1.807, 2.05) is 0 Å². The number of benzene rings is 1. The van der Waals surface area contributed by atoms with Crippen LogP contribution in [-0.2, 0) is 4.79 Å². The van der Waals surface area contributed by atoms with Crippen molar-refractivity contribution >= 4 is 17.7 Å². The maximum Gasteiger partial charge on any atom is 0.248 e. The average molecular weight is 401 g/mol. The summed E-state index contributed by atoms with van der Waals surface area (Å²) in [6.07, 6.45) is 7.19. The lowest BCUT2D eigenvalue weighted by atomic mass is 10.2. The number of nitrogens with zero attached hydrogens (tertiary/aromatic N) is 1. The van der Waals surface area contributed by atoms with Crippen LogP contribution in [0.15, 0.2) is 47.3 Å². The molecule has 2 aromatic rings. The summed E-state index contributed by atoms with van der Waals surface area (Å²) in [4.78, 5) is 14.6. The minimum atomic E-state index is -0.230. The molecule has 29 heavy (non-hydrogen) atoms. The largest absolute Gasteiger partial charge is 0.493 e. The van der Waals surface area contributed by atoms with Crippen molar-refractivity contribution in [3.63, 3.8) is 0 Å². The molecule has 0 saturated heterocycles. The van der Waals surface area contributed by atoms with Crippen molar-refractivity contribution in [1.29, 1.82) is 0 Å². The number of carbonyl (C=O) groups excluding carboxylic acids is 1. The van der Waals surface area contributed by atoms with Crippen LogP contribution in [-0.4, -0.2) is 43.2 Å². The van der Waals surface area contributed by atoms with Crippen LogP contribution in [0.25, 0.3) is 6.08 Å². The molecule has 0 saturated carbocycles. The van der Waals surface area contributed by atoms with Gasteiger partial charge in [0.15, 0.2) is 11.5 Å². The van der Waals surface area contributed by atoms with Crippen molar-refractivity contribution in [2.24, 2.45) is 0 Å². The van der Waals surface area contributed by atoms with E-state index in [0.29, 0.717) is 35.9 Å². The first-order valence-corrected chi connectivity index (χ1v) is 9.98. The van der Waals surface area contributed by atoms with Gasteiger partial charge in [-0.1, -0.05) is 0 Å². The van der Waals surface area contributed by atoms with Gasteiger partial charge >= 0.3 is 0 Å². The third-order valence-electron chi connectivity index (χ3n) is 4.55. The summed E-state index contributed by atoms with van der Waals surface area (Å²) in [6, 6.07) is 8.14. The lowest BCUT2D eigenvalue weighted by Crippen LogP contribution is -2.38. The number of ether oxygens (including phenoxy) is 2. The smallest absolute Gasteiger partial charge is 0.248 e. The van der Waals surface area contributed by atoms with Crippen LogP contribution in [0.2, 0.25) is 0 Å². The Balaban J connectivity index is 1.93. The second kappa shape index (κ2) is 11.3. The zero-order valence-electron chi connectivity index (χ0n) is 18.0. The fourth-order valence-electron chi connectivity index (χ4n) is 3.13. The monoisotopic (exact) mass is 400 g/mol. The summed E-state index contributed by atoms with van der Waals surface area (Å²) < 4.78 is 16.3. The normalized spacial score (nSPS) is 11.6. The van der Waals surface area contributed by atoms with E-state index in [1.54, 1.807) is 50.0 Å². The standard InChI is InChI=1S/C23H32N2O4/c1-17(2)25(18(3)4)12-6-13-29-22-15-20(8-9-21(22)27-5)24-23(26)10-7-19-11-14-28-16-19/h7-11,14-18H,6,12-13H2,1-5H3,(H,24,26). The molecule has 0 radical (unpaired) electrons. The molecule has 6 nitrogen and oxygen atoms in total. The predicted molar refractivity (Wildman–Crippen MR) is 116 cm³/mol. The van der Waals surface area contributed by atoms with Crippen molar-refractivity contribution in [3.8, 4) is 11.5 Å². The third-order valence-corrected chi connectivity index (χ3v) is 4.55. The van der Waals surface area contributed by atoms with Gasteiger partial charge in [0.1, 0.15) is 0 Å². The highest BCUT2D eigenvalue weighted by Crippen LogP contribution is 2.30. The maximum absolute atomic E-state index is 12.1. The molecular weight excluding hydrogens is 368 g/mol. The van der Waals surface area contributed by atoms with Gasteiger partial charge in [0.25, 0.3) is 0 Å². The fourth-order valence-corrected chi connectivity index (χ4v) is 3.13. The zero-order chi connectivity index (χ0) is 21.2. The summed E-state index contributed by atoms with van der Waals surface area (Å²) in [5, 5.41) is 2.83. The highest BCUT2D eigenvalue weighted by atomic mass is 16.5. The van der Waals surface area contributed by atoms with Crippen LogP contribution in [0.5, 0.6) is 11.5 Å². The van der Waals surface area contributed by atoms with Crippen LogP contribution < -0.4 is 14.8 Å². The molecule has 1 heterocycles. The van der Waals surface area contributed by atoms with Crippen LogP contribution in [0, 0.1) is 0 Å². The first-order chi connectivity index (χ1) is 13.9. The lowest BCUT2D eigenvalue weighted by Gasteiger charge is -2.30. The number of nitrogens with one attached hydrogen (secondary N) is 1. The van der Waals surface area contributed by atoms with Gasteiger partial charge in [0.05, 0.1) is 26.2 Å². The Hall–Kier alpha value is -2.73. The molecule has 0 aliphatic carbocycles. The molecule has 0 spiro atoms. The molecular formula is C23H32N2O4. The number of hydrogen-bond acceptors (Lipinski definition) is 5. The van der Waals surface area contributed by atoms with Crippen molar-refractivity contribution in [2.45, 2.75) is 46.2 Å². The summed E-state index contributed by atoms with van der Waals surface area (Å²) >= 11 is 0. The van der Waals surface area contributed by atoms with Crippen molar-refractivity contribution in [3.05, 3.63) is 48.4 Å². The second-order valence-electron chi connectivity index (χ2n) is 7.37. The summed E-state index contributed by atoms with van der Waals surface area (Å²) in [7, 11) is 1.60. The minimum Gasteiger partial charge on any atom is -0.493 e. The van der Waals surface area contributed by atoms with E-state index in [2.05, 4.69) is 37.9 Å². The minimum absolute atomic E-state index is 0.230. The molecule has 0 aliphatic rings. The third kappa shape index (κ3) is 7.31. The quantitative estimate of drug-likeness (QED) is 0.432. The molecule has 158 valence electrons. The topological polar surface area (TPSA) is 63.9 Å². The van der Waals surface area contributed by atoms with Gasteiger partial charge in [-0.15, -0.1) is 0 Å². The number of amides is 1. The number of hydrogen-bond donors (Lipinski definition) is 1. The van der Waals surface area contributed by atoms with Crippen molar-refractivity contribution in [2.75, 3.05) is 25.6 Å². The molecule has 1 N–H and O–H groups in total. The van der Waals surface area contributed by atoms with Gasteiger partial charge in [0, 0.05) is 42.0 Å². The highest BCUT2D eigenvalue weighted by molar-refractivity contribution is 6.02. The summed E-state index contributed by atoms with van der Waals surface area (Å²) in [6.45, 7) is 10.4. The molecule has 0 atom stereocenters. The van der Waals surface area contributed by atoms with Gasteiger partial charge in [-0.25, -0.2) is 0 Å². The second-order valence-corrected chi connectivity index (χ2v) is 7.37. The highest BCUT2D eigenvalue weighted by Gasteiger charge is 2.13. The van der Waals surface area contributed by atoms with E-state index in [9.17, 15) is 4.79 Å². The van der Waals surface area contributed by atoms with E-state index in [0.717, 1.165) is 18.5 Å². The van der Waals surface area contributed by atoms with Crippen LogP contribution in [0.3, 0.4) is 0 Å². The first-order valence-electron chi connectivity index (χ1n) is 9.98. The van der Waals surface area contributed by atoms with E-state index in [4.69, 9.17) is 13.9 Å². The van der Waals surface area contributed by atoms with Gasteiger partial charge in [-0.05, 0) is 58.4 Å². The molecule has 1 aromatic carbocycles. The fraction of sp³-hybridized carbons (Fsp3) is 0.435. The van der Waals surface area contributed by atoms with E-state index in [1.165, 1.54) is 6.08 Å². The number of furan rings is 1. The lowest BCUT2D eigenvalue weighted by molar-refractivity contribution is -0.111. The maximum atomic E-state index is 12.1. The zero-order valence-corrected chi connectivity index (χ0v) is 18.0. The van der Waals surface area contributed by atoms with Crippen LogP contribution in [0.4, 0.5) is 5.69 Å². The molecule has 0 unspecified atom stereocenters. The van der Waals surface area contributed by atoms with E-state index < -0.39 is 0 Å². The Kier molecular flexibility index (Phi) is 8.80. The predicted octanol–water partition coefficient (Wildman–Crippen LogP) is 4.83. The van der Waals surface area contributed by atoms with Crippen LogP contribution in [0.1, 0.15) is 39.7 Å². The summed E-state index contributed by atoms with van der Waals surface area (Å²) in [5.74, 6) is 1.03. The Bertz CT molecular complexity index is 774. The van der Waals surface area contributed by atoms with Crippen molar-refractivity contribution < 1.29 is 18.7 Å². The summed E-state index contributed by atoms with van der Waals surface area (Å²) in [5.41, 5.74) is 1.48. The number of rotatable bonds is 11. The van der Waals surface area contributed by atoms with Crippen molar-refractivity contribution in [1.82, 2.24) is 4.90 Å². The van der Waals surface area contributed by atoms with E-state index >= 15 is 0 Å². The average Bonchev–Trinajstić information content (AvgIpc) is 3.19. The van der Waals surface area contributed by atoms with Gasteiger partial charge in [-0.2, -0.15) is 0 Å². The van der Waals surface area contributed by atoms with Gasteiger partial charge in [-0.3, -0.25) is 9.69 Å². The molecule has 2 rings (SSSR count). The van der Waals surface area contributed by atoms with Crippen LogP contribution >= 0.6 is 0 Å². The Morgan fingerprint density at radius 1 is 1.17 bits per heavy atom. The number of methoxy groups -OCH3 is 1. The molecule has 0 aliphatic heterocycles. The molecule has 0 bridgehead atoms. The Morgan fingerprint density at radius 3 is 2.55 bits per heavy atom. The van der Waals surface area contributed by atoms with Gasteiger partial charge < -0.3 is 19.2 Å². The SMILES string of the molecule is COc1ccc(NC(=O)C=Cc2ccoc2)cc1OCCCN(C(C)C)C(C)C. The molecule has 6 heteroatoms. The molecule has 1 aromatic heterocycles.